The molecule has 0 aliphatic rings. The summed E-state index contributed by atoms with van der Waals surface area (Å²) in [5.74, 6) is -2.82. The molecule has 8 nitrogen and oxygen atoms in total. The fraction of sp³-hybridized carbons (Fsp3) is 0.167. The molecule has 0 radical (unpaired) electrons. The number of fused-ring (bicyclic) bond motifs is 1. The summed E-state index contributed by atoms with van der Waals surface area (Å²) in [6.07, 6.45) is 2.69. The van der Waals surface area contributed by atoms with E-state index >= 15 is 0 Å². The topological polar surface area (TPSA) is 127 Å². The Morgan fingerprint density at radius 3 is 2.75 bits per heavy atom. The Hall–Kier alpha value is -2.90. The Kier molecular flexibility index (Phi) is 3.65. The highest BCUT2D eigenvalue weighted by Crippen LogP contribution is 2.05. The Morgan fingerprint density at radius 2 is 2.15 bits per heavy atom. The zero-order chi connectivity index (χ0) is 14.7. The van der Waals surface area contributed by atoms with Gasteiger partial charge in [0.25, 0.3) is 5.91 Å². The van der Waals surface area contributed by atoms with E-state index < -0.39 is 30.2 Å². The number of carbonyl (C=O) groups is 3. The van der Waals surface area contributed by atoms with Crippen molar-refractivity contribution in [3.8, 4) is 0 Å². The number of nitrogens with zero attached hydrogens (tertiary/aromatic N) is 2. The molecule has 8 heteroatoms. The van der Waals surface area contributed by atoms with Crippen molar-refractivity contribution < 1.29 is 19.5 Å². The number of imidazole rings is 1. The molecule has 20 heavy (non-hydrogen) atoms. The molecule has 4 N–H and O–H groups in total. The van der Waals surface area contributed by atoms with E-state index in [9.17, 15) is 14.4 Å². The monoisotopic (exact) mass is 276 g/mol. The highest BCUT2D eigenvalue weighted by atomic mass is 16.4. The number of hydrogen-bond acceptors (Lipinski definition) is 4. The standard InChI is InChI=1S/C12H12N4O4/c13-9(17)5-7(12(19)20)15-11(18)8-6-16-4-2-1-3-10(16)14-8/h1-4,6-7H,5H2,(H2,13,17)(H,15,18)(H,19,20)/t7-/m1/s1. The van der Waals surface area contributed by atoms with Crippen molar-refractivity contribution in [3.63, 3.8) is 0 Å². The minimum absolute atomic E-state index is 0.0620. The SMILES string of the molecule is NC(=O)C[C@@H](NC(=O)c1cn2ccccc2n1)C(=O)O. The molecule has 0 saturated carbocycles. The minimum atomic E-state index is -1.37. The number of carboxylic acids is 1. The molecule has 104 valence electrons. The van der Waals surface area contributed by atoms with Crippen molar-refractivity contribution in [1.82, 2.24) is 14.7 Å². The largest absolute Gasteiger partial charge is 0.480 e. The number of primary amides is 1. The lowest BCUT2D eigenvalue weighted by Crippen LogP contribution is -2.43. The molecule has 0 saturated heterocycles. The number of hydrogen-bond donors (Lipinski definition) is 3. The number of rotatable bonds is 5. The van der Waals surface area contributed by atoms with Gasteiger partial charge in [0.05, 0.1) is 6.42 Å². The summed E-state index contributed by atoms with van der Waals surface area (Å²) < 4.78 is 1.62. The summed E-state index contributed by atoms with van der Waals surface area (Å²) in [7, 11) is 0. The number of nitrogens with one attached hydrogen (secondary N) is 1. The van der Waals surface area contributed by atoms with Crippen molar-refractivity contribution in [2.75, 3.05) is 0 Å². The van der Waals surface area contributed by atoms with Crippen LogP contribution in [0, 0.1) is 0 Å². The van der Waals surface area contributed by atoms with Crippen molar-refractivity contribution in [2.45, 2.75) is 12.5 Å². The third kappa shape index (κ3) is 2.91. The van der Waals surface area contributed by atoms with Gasteiger partial charge in [-0.15, -0.1) is 0 Å². The van der Waals surface area contributed by atoms with E-state index in [2.05, 4.69) is 10.3 Å². The fourth-order valence-electron chi connectivity index (χ4n) is 1.68. The molecule has 0 aliphatic heterocycles. The van der Waals surface area contributed by atoms with E-state index in [1.165, 1.54) is 6.20 Å². The predicted molar refractivity (Wildman–Crippen MR) is 67.9 cm³/mol. The lowest BCUT2D eigenvalue weighted by molar-refractivity contribution is -0.140. The first-order valence-corrected chi connectivity index (χ1v) is 5.73. The van der Waals surface area contributed by atoms with E-state index in [1.54, 1.807) is 28.8 Å². The van der Waals surface area contributed by atoms with Gasteiger partial charge in [-0.3, -0.25) is 9.59 Å². The maximum Gasteiger partial charge on any atom is 0.326 e. The summed E-state index contributed by atoms with van der Waals surface area (Å²) in [6, 6.07) is 3.86. The molecule has 0 spiro atoms. The maximum absolute atomic E-state index is 11.9. The smallest absolute Gasteiger partial charge is 0.326 e. The second kappa shape index (κ2) is 5.39. The highest BCUT2D eigenvalue weighted by molar-refractivity contribution is 5.96. The average molecular weight is 276 g/mol. The third-order valence-corrected chi connectivity index (χ3v) is 2.61. The lowest BCUT2D eigenvalue weighted by atomic mass is 10.2. The van der Waals surface area contributed by atoms with Crippen LogP contribution in [-0.4, -0.2) is 38.3 Å². The number of carboxylic acid groups (broad SMARTS) is 1. The van der Waals surface area contributed by atoms with Crippen molar-refractivity contribution in [3.05, 3.63) is 36.3 Å². The molecule has 2 aromatic heterocycles. The van der Waals surface area contributed by atoms with Crippen LogP contribution in [0.25, 0.3) is 5.65 Å². The van der Waals surface area contributed by atoms with Gasteiger partial charge in [0, 0.05) is 12.4 Å². The second-order valence-corrected chi connectivity index (χ2v) is 4.13. The zero-order valence-corrected chi connectivity index (χ0v) is 10.3. The molecular formula is C12H12N4O4. The van der Waals surface area contributed by atoms with Crippen LogP contribution < -0.4 is 11.1 Å². The van der Waals surface area contributed by atoms with Crippen LogP contribution in [0.1, 0.15) is 16.9 Å². The summed E-state index contributed by atoms with van der Waals surface area (Å²) in [5, 5.41) is 11.1. The van der Waals surface area contributed by atoms with Gasteiger partial charge in [0.15, 0.2) is 0 Å². The summed E-state index contributed by atoms with van der Waals surface area (Å²) in [4.78, 5) is 37.6. The van der Waals surface area contributed by atoms with Crippen LogP contribution in [-0.2, 0) is 9.59 Å². The van der Waals surface area contributed by atoms with Gasteiger partial charge in [-0.05, 0) is 12.1 Å². The third-order valence-electron chi connectivity index (χ3n) is 2.61. The molecule has 2 amide bonds. The number of aromatic nitrogens is 2. The number of aliphatic carboxylic acids is 1. The van der Waals surface area contributed by atoms with E-state index in [0.717, 1.165) is 0 Å². The van der Waals surface area contributed by atoms with Gasteiger partial charge in [0.1, 0.15) is 17.4 Å². The van der Waals surface area contributed by atoms with Crippen molar-refractivity contribution >= 4 is 23.4 Å². The number of carbonyl (C=O) groups excluding carboxylic acids is 2. The molecule has 0 bridgehead atoms. The number of pyridine rings is 1. The van der Waals surface area contributed by atoms with Crippen LogP contribution in [0.15, 0.2) is 30.6 Å². The number of nitrogens with two attached hydrogens (primary N) is 1. The Bertz CT molecular complexity index is 646. The maximum atomic E-state index is 11.9. The van der Waals surface area contributed by atoms with Crippen LogP contribution in [0.4, 0.5) is 0 Å². The van der Waals surface area contributed by atoms with Gasteiger partial charge in [-0.1, -0.05) is 6.07 Å². The van der Waals surface area contributed by atoms with E-state index in [-0.39, 0.29) is 5.69 Å². The van der Waals surface area contributed by atoms with Crippen LogP contribution >= 0.6 is 0 Å². The number of amides is 2. The highest BCUT2D eigenvalue weighted by Gasteiger charge is 2.23. The van der Waals surface area contributed by atoms with Gasteiger partial charge in [-0.2, -0.15) is 0 Å². The van der Waals surface area contributed by atoms with Gasteiger partial charge in [-0.25, -0.2) is 9.78 Å². The van der Waals surface area contributed by atoms with Gasteiger partial charge < -0.3 is 20.6 Å². The molecule has 0 aromatic carbocycles. The molecule has 2 rings (SSSR count). The molecule has 2 heterocycles. The van der Waals surface area contributed by atoms with Crippen molar-refractivity contribution in [1.29, 1.82) is 0 Å². The Labute approximate surface area is 113 Å². The van der Waals surface area contributed by atoms with Crippen LogP contribution in [0.2, 0.25) is 0 Å². The quantitative estimate of drug-likeness (QED) is 0.671. The normalized spacial score (nSPS) is 12.0. The zero-order valence-electron chi connectivity index (χ0n) is 10.3. The average Bonchev–Trinajstić information content (AvgIpc) is 2.81. The van der Waals surface area contributed by atoms with Crippen LogP contribution in [0.5, 0.6) is 0 Å². The molecule has 2 aromatic rings. The first kappa shape index (κ1) is 13.5. The second-order valence-electron chi connectivity index (χ2n) is 4.13. The molecule has 0 aliphatic carbocycles. The Morgan fingerprint density at radius 1 is 1.40 bits per heavy atom. The summed E-state index contributed by atoms with van der Waals surface area (Å²) in [5.41, 5.74) is 5.55. The van der Waals surface area contributed by atoms with Gasteiger partial charge in [0.2, 0.25) is 5.91 Å². The molecular weight excluding hydrogens is 264 g/mol. The molecule has 0 unspecified atom stereocenters. The first-order chi connectivity index (χ1) is 9.47. The lowest BCUT2D eigenvalue weighted by Gasteiger charge is -2.11. The first-order valence-electron chi connectivity index (χ1n) is 5.73. The molecule has 0 fully saturated rings. The van der Waals surface area contributed by atoms with E-state index in [4.69, 9.17) is 10.8 Å². The van der Waals surface area contributed by atoms with E-state index in [0.29, 0.717) is 5.65 Å². The summed E-state index contributed by atoms with van der Waals surface area (Å²) >= 11 is 0. The Balaban J connectivity index is 2.17. The minimum Gasteiger partial charge on any atom is -0.480 e. The van der Waals surface area contributed by atoms with E-state index in [1.807, 2.05) is 0 Å². The van der Waals surface area contributed by atoms with Crippen LogP contribution in [0.3, 0.4) is 0 Å². The summed E-state index contributed by atoms with van der Waals surface area (Å²) in [6.45, 7) is 0. The predicted octanol–water partition coefficient (Wildman–Crippen LogP) is -0.607. The van der Waals surface area contributed by atoms with Gasteiger partial charge >= 0.3 is 5.97 Å². The van der Waals surface area contributed by atoms with Crippen molar-refractivity contribution in [2.24, 2.45) is 5.73 Å². The fourth-order valence-corrected chi connectivity index (χ4v) is 1.68. The molecule has 1 atom stereocenters.